The van der Waals surface area contributed by atoms with Crippen molar-refractivity contribution in [2.24, 2.45) is 0 Å². The van der Waals surface area contributed by atoms with Crippen LogP contribution in [0.1, 0.15) is 11.6 Å². The molecule has 0 saturated heterocycles. The minimum absolute atomic E-state index is 0.448. The summed E-state index contributed by atoms with van der Waals surface area (Å²) >= 11 is 0. The van der Waals surface area contributed by atoms with Crippen LogP contribution >= 0.6 is 0 Å². The minimum Gasteiger partial charge on any atom is -0.305 e. The summed E-state index contributed by atoms with van der Waals surface area (Å²) in [5.41, 5.74) is -0.978. The van der Waals surface area contributed by atoms with E-state index in [2.05, 4.69) is 0 Å². The van der Waals surface area contributed by atoms with Crippen LogP contribution in [0.4, 0.5) is 26.3 Å². The molecule has 0 heterocycles. The average Bonchev–Trinajstić information content (AvgIpc) is 2.17. The molecule has 1 rings (SSSR count). The predicted octanol–water partition coefficient (Wildman–Crippen LogP) is 2.93. The van der Waals surface area contributed by atoms with Crippen molar-refractivity contribution in [2.45, 2.75) is 12.2 Å². The summed E-state index contributed by atoms with van der Waals surface area (Å²) < 4.78 is 75.4. The molecule has 1 atom stereocenters. The van der Waals surface area contributed by atoms with Crippen molar-refractivity contribution in [2.75, 3.05) is 7.05 Å². The van der Waals surface area contributed by atoms with Gasteiger partial charge in [-0.15, -0.1) is 0 Å². The molecule has 0 saturated carbocycles. The van der Waals surface area contributed by atoms with Crippen molar-refractivity contribution in [3.63, 3.8) is 0 Å². The Balaban J connectivity index is 3.27. The summed E-state index contributed by atoms with van der Waals surface area (Å²) in [6, 6.07) is -1.37. The number of hydrogen-bond donors (Lipinski definition) is 1. The molecule has 0 aliphatic heterocycles. The van der Waals surface area contributed by atoms with Crippen molar-refractivity contribution in [1.82, 2.24) is 5.32 Å². The summed E-state index contributed by atoms with van der Waals surface area (Å²) in [5.74, 6) is -5.28. The lowest BCUT2D eigenvalue weighted by Crippen LogP contribution is -2.32. The molecule has 16 heavy (non-hydrogen) atoms. The van der Waals surface area contributed by atoms with E-state index in [1.807, 2.05) is 0 Å². The van der Waals surface area contributed by atoms with Crippen LogP contribution in [0, 0.1) is 17.5 Å². The third-order valence-corrected chi connectivity index (χ3v) is 1.99. The first-order valence-corrected chi connectivity index (χ1v) is 4.16. The van der Waals surface area contributed by atoms with E-state index in [-0.39, 0.29) is 0 Å². The second-order valence-electron chi connectivity index (χ2n) is 3.03. The third-order valence-electron chi connectivity index (χ3n) is 1.99. The number of hydrogen-bond acceptors (Lipinski definition) is 1. The quantitative estimate of drug-likeness (QED) is 0.622. The van der Waals surface area contributed by atoms with Crippen molar-refractivity contribution >= 4 is 0 Å². The molecule has 0 aliphatic carbocycles. The first-order chi connectivity index (χ1) is 7.29. The molecule has 0 aromatic heterocycles. The molecule has 1 unspecified atom stereocenters. The van der Waals surface area contributed by atoms with Crippen LogP contribution in [0.3, 0.4) is 0 Å². The van der Waals surface area contributed by atoms with Crippen LogP contribution in [-0.2, 0) is 0 Å². The number of nitrogens with one attached hydrogen (secondary N) is 1. The van der Waals surface area contributed by atoms with E-state index in [1.165, 1.54) is 0 Å². The van der Waals surface area contributed by atoms with Gasteiger partial charge in [0, 0.05) is 5.56 Å². The minimum atomic E-state index is -4.79. The fraction of sp³-hybridized carbons (Fsp3) is 0.333. The number of alkyl halides is 3. The average molecular weight is 243 g/mol. The fourth-order valence-corrected chi connectivity index (χ4v) is 1.26. The third kappa shape index (κ3) is 2.29. The van der Waals surface area contributed by atoms with Crippen molar-refractivity contribution in [3.8, 4) is 0 Å². The maximum Gasteiger partial charge on any atom is 0.408 e. The molecular weight excluding hydrogens is 236 g/mol. The smallest absolute Gasteiger partial charge is 0.305 e. The molecule has 0 aliphatic rings. The van der Waals surface area contributed by atoms with Gasteiger partial charge in [-0.1, -0.05) is 6.07 Å². The molecule has 90 valence electrons. The summed E-state index contributed by atoms with van der Waals surface area (Å²) in [7, 11) is 0.943. The molecular formula is C9H7F6N. The largest absolute Gasteiger partial charge is 0.408 e. The Labute approximate surface area is 87.1 Å². The van der Waals surface area contributed by atoms with Gasteiger partial charge in [-0.3, -0.25) is 0 Å². The first kappa shape index (κ1) is 12.8. The van der Waals surface area contributed by atoms with Crippen LogP contribution in [0.15, 0.2) is 12.1 Å². The Kier molecular flexibility index (Phi) is 3.47. The van der Waals surface area contributed by atoms with Gasteiger partial charge in [-0.2, -0.15) is 13.2 Å². The Hall–Kier alpha value is -1.24. The lowest BCUT2D eigenvalue weighted by atomic mass is 10.1. The van der Waals surface area contributed by atoms with E-state index in [0.717, 1.165) is 7.05 Å². The standard InChI is InChI=1S/C9H7F6N/c1-16-8(9(13,14)15)4-2-3-5(10)7(12)6(4)11/h2-3,8,16H,1H3. The van der Waals surface area contributed by atoms with Crippen molar-refractivity contribution in [3.05, 3.63) is 35.1 Å². The molecule has 0 bridgehead atoms. The highest BCUT2D eigenvalue weighted by molar-refractivity contribution is 5.24. The van der Waals surface area contributed by atoms with Crippen LogP contribution < -0.4 is 5.32 Å². The highest BCUT2D eigenvalue weighted by atomic mass is 19.4. The second-order valence-corrected chi connectivity index (χ2v) is 3.03. The van der Waals surface area contributed by atoms with Crippen LogP contribution in [0.5, 0.6) is 0 Å². The van der Waals surface area contributed by atoms with Gasteiger partial charge in [0.1, 0.15) is 6.04 Å². The maximum absolute atomic E-state index is 13.1. The van der Waals surface area contributed by atoms with Gasteiger partial charge in [0.2, 0.25) is 0 Å². The highest BCUT2D eigenvalue weighted by Gasteiger charge is 2.41. The second kappa shape index (κ2) is 4.32. The molecule has 0 radical (unpaired) electrons. The van der Waals surface area contributed by atoms with E-state index in [9.17, 15) is 26.3 Å². The van der Waals surface area contributed by atoms with Gasteiger partial charge in [0.15, 0.2) is 17.5 Å². The Morgan fingerprint density at radius 3 is 2.06 bits per heavy atom. The lowest BCUT2D eigenvalue weighted by Gasteiger charge is -2.20. The van der Waals surface area contributed by atoms with Gasteiger partial charge in [0.25, 0.3) is 0 Å². The summed E-state index contributed by atoms with van der Waals surface area (Å²) in [5, 5.41) is 1.79. The zero-order valence-electron chi connectivity index (χ0n) is 8.00. The molecule has 1 aromatic rings. The molecule has 0 spiro atoms. The monoisotopic (exact) mass is 243 g/mol. The molecule has 7 heteroatoms. The van der Waals surface area contributed by atoms with Gasteiger partial charge in [-0.25, -0.2) is 13.2 Å². The van der Waals surface area contributed by atoms with E-state index >= 15 is 0 Å². The van der Waals surface area contributed by atoms with Gasteiger partial charge < -0.3 is 5.32 Å². The van der Waals surface area contributed by atoms with Crippen LogP contribution in [-0.4, -0.2) is 13.2 Å². The molecule has 0 amide bonds. The molecule has 1 N–H and O–H groups in total. The van der Waals surface area contributed by atoms with Gasteiger partial charge >= 0.3 is 6.18 Å². The summed E-state index contributed by atoms with van der Waals surface area (Å²) in [4.78, 5) is 0. The van der Waals surface area contributed by atoms with E-state index in [4.69, 9.17) is 0 Å². The van der Waals surface area contributed by atoms with Gasteiger partial charge in [-0.05, 0) is 13.1 Å². The first-order valence-electron chi connectivity index (χ1n) is 4.16. The summed E-state index contributed by atoms with van der Waals surface area (Å²) in [6.45, 7) is 0. The van der Waals surface area contributed by atoms with Crippen molar-refractivity contribution < 1.29 is 26.3 Å². The number of benzene rings is 1. The summed E-state index contributed by atoms with van der Waals surface area (Å²) in [6.07, 6.45) is -4.79. The SMILES string of the molecule is CNC(c1ccc(F)c(F)c1F)C(F)(F)F. The lowest BCUT2D eigenvalue weighted by molar-refractivity contribution is -0.157. The van der Waals surface area contributed by atoms with Gasteiger partial charge in [0.05, 0.1) is 0 Å². The molecule has 0 fully saturated rings. The number of rotatable bonds is 2. The Morgan fingerprint density at radius 2 is 1.62 bits per heavy atom. The van der Waals surface area contributed by atoms with Crippen LogP contribution in [0.2, 0.25) is 0 Å². The normalized spacial score (nSPS) is 13.9. The predicted molar refractivity (Wildman–Crippen MR) is 44.2 cm³/mol. The molecule has 1 nitrogen and oxygen atoms in total. The Morgan fingerprint density at radius 1 is 1.06 bits per heavy atom. The van der Waals surface area contributed by atoms with E-state index in [1.54, 1.807) is 5.32 Å². The number of halogens is 6. The highest BCUT2D eigenvalue weighted by Crippen LogP contribution is 2.34. The van der Waals surface area contributed by atoms with Crippen LogP contribution in [0.25, 0.3) is 0 Å². The topological polar surface area (TPSA) is 12.0 Å². The van der Waals surface area contributed by atoms with Crippen molar-refractivity contribution in [1.29, 1.82) is 0 Å². The fourth-order valence-electron chi connectivity index (χ4n) is 1.26. The molecule has 1 aromatic carbocycles. The van der Waals surface area contributed by atoms with E-state index < -0.39 is 35.2 Å². The zero-order chi connectivity index (χ0) is 12.5. The van der Waals surface area contributed by atoms with E-state index in [0.29, 0.717) is 12.1 Å². The Bertz CT molecular complexity index is 386. The maximum atomic E-state index is 13.1. The zero-order valence-corrected chi connectivity index (χ0v) is 8.00.